The number of ether oxygens (including phenoxy) is 1. The quantitative estimate of drug-likeness (QED) is 0.308. The van der Waals surface area contributed by atoms with Crippen LogP contribution in [0.2, 0.25) is 0 Å². The first-order valence-electron chi connectivity index (χ1n) is 12.0. The number of rotatable bonds is 10. The Morgan fingerprint density at radius 3 is 2.59 bits per heavy atom. The summed E-state index contributed by atoms with van der Waals surface area (Å²) in [4.78, 5) is 17.3. The van der Waals surface area contributed by atoms with Crippen molar-refractivity contribution in [3.8, 4) is 5.75 Å². The van der Waals surface area contributed by atoms with Crippen LogP contribution in [0, 0.1) is 20.8 Å². The summed E-state index contributed by atoms with van der Waals surface area (Å²) < 4.78 is 8.36. The van der Waals surface area contributed by atoms with Crippen LogP contribution in [0.3, 0.4) is 0 Å². The van der Waals surface area contributed by atoms with E-state index in [2.05, 4.69) is 60.1 Å². The van der Waals surface area contributed by atoms with E-state index in [1.54, 1.807) is 0 Å². The maximum Gasteiger partial charge on any atom is 0.251 e. The van der Waals surface area contributed by atoms with Crippen molar-refractivity contribution < 1.29 is 9.53 Å². The fourth-order valence-corrected chi connectivity index (χ4v) is 4.20. The average molecular weight is 456 g/mol. The second-order valence-corrected chi connectivity index (χ2v) is 8.81. The van der Waals surface area contributed by atoms with E-state index in [1.165, 1.54) is 5.56 Å². The molecule has 0 aliphatic rings. The highest BCUT2D eigenvalue weighted by Crippen LogP contribution is 2.21. The summed E-state index contributed by atoms with van der Waals surface area (Å²) in [5.41, 5.74) is 6.25. The molecule has 0 fully saturated rings. The summed E-state index contributed by atoms with van der Waals surface area (Å²) in [5.74, 6) is 1.99. The molecule has 1 heterocycles. The van der Waals surface area contributed by atoms with Crippen molar-refractivity contribution in [2.24, 2.45) is 0 Å². The lowest BCUT2D eigenvalue weighted by molar-refractivity contribution is 0.0952. The number of carbonyl (C=O) groups is 1. The molecule has 0 aliphatic carbocycles. The Hall–Kier alpha value is -3.60. The zero-order valence-corrected chi connectivity index (χ0v) is 20.3. The standard InChI is InChI=1S/C29H33N3O2/c1-21-15-16-23(3)27(20-21)34-19-9-18-32-26-13-7-6-12-25(26)31-28(32)14-8-17-30-29(33)24-11-5-4-10-22(24)2/h4-7,10-13,15-16,20H,8-9,14,17-19H2,1-3H3,(H,30,33). The third-order valence-corrected chi connectivity index (χ3v) is 6.11. The van der Waals surface area contributed by atoms with Crippen LogP contribution in [0.25, 0.3) is 11.0 Å². The Labute approximate surface area is 201 Å². The number of amides is 1. The second kappa shape index (κ2) is 11.0. The zero-order chi connectivity index (χ0) is 23.9. The topological polar surface area (TPSA) is 56.1 Å². The van der Waals surface area contributed by atoms with E-state index in [9.17, 15) is 4.79 Å². The van der Waals surface area contributed by atoms with Crippen LogP contribution in [0.1, 0.15) is 45.7 Å². The van der Waals surface area contributed by atoms with Crippen molar-refractivity contribution in [3.05, 3.63) is 94.8 Å². The Morgan fingerprint density at radius 2 is 1.74 bits per heavy atom. The van der Waals surface area contributed by atoms with Gasteiger partial charge in [-0.1, -0.05) is 42.5 Å². The Bertz CT molecular complexity index is 1280. The highest BCUT2D eigenvalue weighted by atomic mass is 16.5. The van der Waals surface area contributed by atoms with Gasteiger partial charge in [-0.05, 0) is 74.6 Å². The molecular weight excluding hydrogens is 422 g/mol. The number of benzene rings is 3. The molecule has 0 atom stereocenters. The van der Waals surface area contributed by atoms with Gasteiger partial charge in [-0.2, -0.15) is 0 Å². The van der Waals surface area contributed by atoms with Crippen LogP contribution < -0.4 is 10.1 Å². The van der Waals surface area contributed by atoms with E-state index in [0.29, 0.717) is 13.2 Å². The second-order valence-electron chi connectivity index (χ2n) is 8.81. The molecule has 0 saturated heterocycles. The van der Waals surface area contributed by atoms with Gasteiger partial charge >= 0.3 is 0 Å². The molecule has 0 unspecified atom stereocenters. The fraction of sp³-hybridized carbons (Fsp3) is 0.310. The molecule has 0 spiro atoms. The number of carbonyl (C=O) groups excluding carboxylic acids is 1. The van der Waals surface area contributed by atoms with E-state index in [-0.39, 0.29) is 5.91 Å². The Kier molecular flexibility index (Phi) is 7.63. The summed E-state index contributed by atoms with van der Waals surface area (Å²) in [7, 11) is 0. The molecule has 176 valence electrons. The van der Waals surface area contributed by atoms with Crippen molar-refractivity contribution >= 4 is 16.9 Å². The molecule has 4 rings (SSSR count). The number of hydrogen-bond donors (Lipinski definition) is 1. The molecule has 0 aliphatic heterocycles. The van der Waals surface area contributed by atoms with E-state index >= 15 is 0 Å². The van der Waals surface area contributed by atoms with Gasteiger partial charge in [-0.25, -0.2) is 4.98 Å². The summed E-state index contributed by atoms with van der Waals surface area (Å²) >= 11 is 0. The molecule has 5 nitrogen and oxygen atoms in total. The van der Waals surface area contributed by atoms with Gasteiger partial charge in [0.25, 0.3) is 5.91 Å². The maximum atomic E-state index is 12.5. The average Bonchev–Trinajstić information content (AvgIpc) is 3.19. The number of para-hydroxylation sites is 2. The summed E-state index contributed by atoms with van der Waals surface area (Å²) in [5, 5.41) is 3.05. The first-order chi connectivity index (χ1) is 16.5. The fourth-order valence-electron chi connectivity index (χ4n) is 4.20. The Morgan fingerprint density at radius 1 is 0.941 bits per heavy atom. The third kappa shape index (κ3) is 5.66. The number of aromatic nitrogens is 2. The van der Waals surface area contributed by atoms with Crippen molar-refractivity contribution in [2.75, 3.05) is 13.2 Å². The predicted molar refractivity (Wildman–Crippen MR) is 138 cm³/mol. The maximum absolute atomic E-state index is 12.5. The third-order valence-electron chi connectivity index (χ3n) is 6.11. The van der Waals surface area contributed by atoms with Gasteiger partial charge in [0, 0.05) is 25.1 Å². The van der Waals surface area contributed by atoms with Crippen molar-refractivity contribution in [3.63, 3.8) is 0 Å². The Balaban J connectivity index is 1.35. The van der Waals surface area contributed by atoms with Gasteiger partial charge in [0.15, 0.2) is 0 Å². The van der Waals surface area contributed by atoms with Crippen LogP contribution >= 0.6 is 0 Å². The minimum absolute atomic E-state index is 0.0183. The molecule has 1 N–H and O–H groups in total. The molecule has 0 bridgehead atoms. The monoisotopic (exact) mass is 455 g/mol. The lowest BCUT2D eigenvalue weighted by Gasteiger charge is -2.12. The number of imidazole rings is 1. The normalized spacial score (nSPS) is 11.0. The van der Waals surface area contributed by atoms with Gasteiger partial charge in [0.05, 0.1) is 17.6 Å². The van der Waals surface area contributed by atoms with E-state index in [1.807, 2.05) is 37.3 Å². The SMILES string of the molecule is Cc1ccc(C)c(OCCCn2c(CCCNC(=O)c3ccccc3C)nc3ccccc32)c1. The van der Waals surface area contributed by atoms with Gasteiger partial charge in [0.1, 0.15) is 11.6 Å². The zero-order valence-electron chi connectivity index (χ0n) is 20.3. The molecule has 5 heteroatoms. The molecule has 3 aromatic carbocycles. The van der Waals surface area contributed by atoms with Crippen molar-refractivity contribution in [1.29, 1.82) is 0 Å². The van der Waals surface area contributed by atoms with Crippen LogP contribution in [0.15, 0.2) is 66.7 Å². The van der Waals surface area contributed by atoms with E-state index in [0.717, 1.165) is 65.1 Å². The van der Waals surface area contributed by atoms with E-state index < -0.39 is 0 Å². The molecule has 1 aromatic heterocycles. The van der Waals surface area contributed by atoms with E-state index in [4.69, 9.17) is 9.72 Å². The first kappa shape index (κ1) is 23.6. The van der Waals surface area contributed by atoms with Crippen molar-refractivity contribution in [2.45, 2.75) is 46.6 Å². The number of fused-ring (bicyclic) bond motifs is 1. The number of nitrogens with one attached hydrogen (secondary N) is 1. The molecule has 0 radical (unpaired) electrons. The lowest BCUT2D eigenvalue weighted by Crippen LogP contribution is -2.25. The summed E-state index contributed by atoms with van der Waals surface area (Å²) in [6, 6.07) is 22.2. The van der Waals surface area contributed by atoms with Crippen LogP contribution in [0.5, 0.6) is 5.75 Å². The first-order valence-corrected chi connectivity index (χ1v) is 12.0. The highest BCUT2D eigenvalue weighted by Gasteiger charge is 2.12. The van der Waals surface area contributed by atoms with Gasteiger partial charge in [-0.3, -0.25) is 4.79 Å². The van der Waals surface area contributed by atoms with Crippen LogP contribution in [-0.4, -0.2) is 28.6 Å². The number of aryl methyl sites for hydroxylation is 5. The highest BCUT2D eigenvalue weighted by molar-refractivity contribution is 5.95. The molecule has 34 heavy (non-hydrogen) atoms. The van der Waals surface area contributed by atoms with Crippen molar-refractivity contribution in [1.82, 2.24) is 14.9 Å². The molecule has 0 saturated carbocycles. The molecule has 4 aromatic rings. The summed E-state index contributed by atoms with van der Waals surface area (Å²) in [6.45, 7) is 8.24. The minimum Gasteiger partial charge on any atom is -0.493 e. The van der Waals surface area contributed by atoms with Gasteiger partial charge in [-0.15, -0.1) is 0 Å². The van der Waals surface area contributed by atoms with Gasteiger partial charge in [0.2, 0.25) is 0 Å². The number of nitrogens with zero attached hydrogens (tertiary/aromatic N) is 2. The summed E-state index contributed by atoms with van der Waals surface area (Å²) in [6.07, 6.45) is 2.53. The largest absolute Gasteiger partial charge is 0.493 e. The number of hydrogen-bond acceptors (Lipinski definition) is 3. The molecule has 1 amide bonds. The predicted octanol–water partition coefficient (Wildman–Crippen LogP) is 5.79. The van der Waals surface area contributed by atoms with Crippen LogP contribution in [-0.2, 0) is 13.0 Å². The smallest absolute Gasteiger partial charge is 0.251 e. The van der Waals surface area contributed by atoms with Crippen LogP contribution in [0.4, 0.5) is 0 Å². The lowest BCUT2D eigenvalue weighted by atomic mass is 10.1. The van der Waals surface area contributed by atoms with Gasteiger partial charge < -0.3 is 14.6 Å². The minimum atomic E-state index is -0.0183. The molecular formula is C29H33N3O2.